The Kier molecular flexibility index (Phi) is 9.33. The van der Waals surface area contributed by atoms with Crippen LogP contribution in [0.3, 0.4) is 0 Å². The summed E-state index contributed by atoms with van der Waals surface area (Å²) in [5, 5.41) is 11.9. The Hall–Kier alpha value is -5.07. The molecular weight excluding hydrogens is 539 g/mol. The van der Waals surface area contributed by atoms with E-state index in [1.165, 1.54) is 62.8 Å². The number of alkyl halides is 3. The van der Waals surface area contributed by atoms with E-state index in [1.807, 2.05) is 0 Å². The van der Waals surface area contributed by atoms with E-state index in [2.05, 4.69) is 5.32 Å². The normalized spacial score (nSPS) is 12.4. The molecule has 0 bridgehead atoms. The van der Waals surface area contributed by atoms with Gasteiger partial charge in [0.25, 0.3) is 5.91 Å². The zero-order valence-corrected chi connectivity index (χ0v) is 20.9. The Labute approximate surface area is 225 Å². The molecule has 40 heavy (non-hydrogen) atoms. The van der Waals surface area contributed by atoms with Crippen LogP contribution in [0.25, 0.3) is 0 Å². The number of amides is 1. The number of anilines is 1. The van der Waals surface area contributed by atoms with E-state index in [9.17, 15) is 37.5 Å². The number of hydrogen-bond acceptors (Lipinski definition) is 8. The first-order valence-electron chi connectivity index (χ1n) is 11.3. The van der Waals surface area contributed by atoms with Crippen LogP contribution in [0.15, 0.2) is 72.8 Å². The quantitative estimate of drug-likeness (QED) is 0.349. The van der Waals surface area contributed by atoms with E-state index >= 15 is 0 Å². The van der Waals surface area contributed by atoms with Crippen molar-refractivity contribution in [3.63, 3.8) is 0 Å². The molecule has 0 aliphatic heterocycles. The van der Waals surface area contributed by atoms with Gasteiger partial charge in [-0.2, -0.15) is 13.2 Å². The maximum Gasteiger partial charge on any atom is 0.416 e. The highest BCUT2D eigenvalue weighted by atomic mass is 19.4. The predicted octanol–water partition coefficient (Wildman–Crippen LogP) is 4.20. The van der Waals surface area contributed by atoms with Gasteiger partial charge >= 0.3 is 24.1 Å². The molecule has 210 valence electrons. The van der Waals surface area contributed by atoms with Crippen molar-refractivity contribution < 1.29 is 56.4 Å². The minimum atomic E-state index is -4.74. The molecule has 1 amide bonds. The standard InChI is InChI=1S/C27H22F3NO9/c1-37-19-10-3-6-15(12-19)25(35)39-21(23(32)31-18-9-5-8-17(14-18)27(28,29)30)22(24(33)34)40-26(36)16-7-4-11-20(13-16)38-2/h3-14,21-22H,1-2H3,(H,31,32)(H,33,34)/t21-,22-/m0/s1. The SMILES string of the molecule is COc1cccc(C(=O)O[C@H](C(=O)O)[C@H](OC(=O)c2cccc(OC)c2)C(=O)Nc2cccc(C(F)(F)F)c2)c1. The lowest BCUT2D eigenvalue weighted by Gasteiger charge is -2.24. The van der Waals surface area contributed by atoms with Crippen LogP contribution in [0.5, 0.6) is 11.5 Å². The number of ether oxygens (including phenoxy) is 4. The topological polar surface area (TPSA) is 137 Å². The number of benzene rings is 3. The smallest absolute Gasteiger partial charge is 0.416 e. The Balaban J connectivity index is 1.96. The summed E-state index contributed by atoms with van der Waals surface area (Å²) in [6.45, 7) is 0. The third-order valence-electron chi connectivity index (χ3n) is 5.31. The summed E-state index contributed by atoms with van der Waals surface area (Å²) in [5.41, 5.74) is -1.79. The average Bonchev–Trinajstić information content (AvgIpc) is 2.94. The van der Waals surface area contributed by atoms with Crippen LogP contribution in [0.1, 0.15) is 26.3 Å². The molecule has 0 saturated heterocycles. The van der Waals surface area contributed by atoms with Gasteiger partial charge in [-0.25, -0.2) is 14.4 Å². The summed E-state index contributed by atoms with van der Waals surface area (Å²) in [6.07, 6.45) is -9.48. The summed E-state index contributed by atoms with van der Waals surface area (Å²) < 4.78 is 59.7. The van der Waals surface area contributed by atoms with Gasteiger partial charge in [0.2, 0.25) is 12.2 Å². The fourth-order valence-corrected chi connectivity index (χ4v) is 3.35. The first-order chi connectivity index (χ1) is 18.9. The van der Waals surface area contributed by atoms with E-state index in [1.54, 1.807) is 0 Å². The van der Waals surface area contributed by atoms with Crippen LogP contribution in [0.4, 0.5) is 18.9 Å². The first kappa shape index (κ1) is 29.5. The first-order valence-corrected chi connectivity index (χ1v) is 11.3. The second-order valence-electron chi connectivity index (χ2n) is 8.02. The van der Waals surface area contributed by atoms with E-state index in [0.29, 0.717) is 6.07 Å². The maximum absolute atomic E-state index is 13.2. The van der Waals surface area contributed by atoms with E-state index in [-0.39, 0.29) is 28.3 Å². The molecule has 0 aliphatic rings. The van der Waals surface area contributed by atoms with Crippen LogP contribution >= 0.6 is 0 Å². The van der Waals surface area contributed by atoms with Gasteiger partial charge in [-0.3, -0.25) is 4.79 Å². The Bertz CT molecular complexity index is 1410. The van der Waals surface area contributed by atoms with E-state index in [0.717, 1.165) is 18.2 Å². The van der Waals surface area contributed by atoms with Gasteiger partial charge in [0.1, 0.15) is 11.5 Å². The number of halogens is 3. The summed E-state index contributed by atoms with van der Waals surface area (Å²) in [4.78, 5) is 50.9. The van der Waals surface area contributed by atoms with Crippen molar-refractivity contribution in [1.82, 2.24) is 0 Å². The predicted molar refractivity (Wildman–Crippen MR) is 132 cm³/mol. The summed E-state index contributed by atoms with van der Waals surface area (Å²) >= 11 is 0. The molecule has 0 radical (unpaired) electrons. The van der Waals surface area contributed by atoms with Crippen LogP contribution in [-0.4, -0.2) is 55.3 Å². The third-order valence-corrected chi connectivity index (χ3v) is 5.31. The Morgan fingerprint density at radius 1 is 0.750 bits per heavy atom. The number of nitrogens with one attached hydrogen (secondary N) is 1. The number of methoxy groups -OCH3 is 2. The highest BCUT2D eigenvalue weighted by Gasteiger charge is 2.41. The molecule has 2 N–H and O–H groups in total. The molecule has 0 heterocycles. The third kappa shape index (κ3) is 7.49. The lowest BCUT2D eigenvalue weighted by Crippen LogP contribution is -2.48. The van der Waals surface area contributed by atoms with Gasteiger partial charge in [0.15, 0.2) is 0 Å². The van der Waals surface area contributed by atoms with Crippen molar-refractivity contribution in [2.75, 3.05) is 19.5 Å². The van der Waals surface area contributed by atoms with E-state index < -0.39 is 47.8 Å². The average molecular weight is 561 g/mol. The van der Waals surface area contributed by atoms with Gasteiger partial charge < -0.3 is 29.4 Å². The van der Waals surface area contributed by atoms with Gasteiger partial charge in [-0.05, 0) is 54.6 Å². The number of rotatable bonds is 10. The largest absolute Gasteiger partial charge is 0.497 e. The van der Waals surface area contributed by atoms with Crippen molar-refractivity contribution in [3.05, 3.63) is 89.5 Å². The second kappa shape index (κ2) is 12.7. The van der Waals surface area contributed by atoms with Gasteiger partial charge in [0.05, 0.1) is 30.9 Å². The van der Waals surface area contributed by atoms with E-state index in [4.69, 9.17) is 18.9 Å². The number of carboxylic acids is 1. The number of carbonyl (C=O) groups excluding carboxylic acids is 3. The van der Waals surface area contributed by atoms with Crippen molar-refractivity contribution >= 4 is 29.5 Å². The number of aliphatic carboxylic acids is 1. The van der Waals surface area contributed by atoms with Gasteiger partial charge in [-0.15, -0.1) is 0 Å². The number of carbonyl (C=O) groups is 4. The Morgan fingerprint density at radius 2 is 1.25 bits per heavy atom. The molecule has 0 spiro atoms. The lowest BCUT2D eigenvalue weighted by molar-refractivity contribution is -0.157. The molecular formula is C27H22F3NO9. The molecule has 3 aromatic rings. The van der Waals surface area contributed by atoms with Crippen LogP contribution in [0.2, 0.25) is 0 Å². The summed E-state index contributed by atoms with van der Waals surface area (Å²) in [6, 6.07) is 14.4. The number of hydrogen-bond donors (Lipinski definition) is 2. The molecule has 3 rings (SSSR count). The molecule has 0 unspecified atom stereocenters. The zero-order chi connectivity index (χ0) is 29.4. The minimum absolute atomic E-state index is 0.151. The number of esters is 2. The molecule has 13 heteroatoms. The molecule has 3 aromatic carbocycles. The second-order valence-corrected chi connectivity index (χ2v) is 8.02. The fourth-order valence-electron chi connectivity index (χ4n) is 3.35. The van der Waals surface area contributed by atoms with Gasteiger partial charge in [-0.1, -0.05) is 18.2 Å². The molecule has 0 saturated carbocycles. The highest BCUT2D eigenvalue weighted by molar-refractivity contribution is 6.01. The monoisotopic (exact) mass is 561 g/mol. The molecule has 0 aliphatic carbocycles. The summed E-state index contributed by atoms with van der Waals surface area (Å²) in [7, 11) is 2.66. The molecule has 2 atom stereocenters. The molecule has 0 fully saturated rings. The lowest BCUT2D eigenvalue weighted by atomic mass is 10.1. The highest BCUT2D eigenvalue weighted by Crippen LogP contribution is 2.31. The van der Waals surface area contributed by atoms with Crippen LogP contribution in [0, 0.1) is 0 Å². The number of carboxylic acid groups (broad SMARTS) is 1. The van der Waals surface area contributed by atoms with Crippen LogP contribution in [-0.2, 0) is 25.2 Å². The molecule has 0 aromatic heterocycles. The van der Waals surface area contributed by atoms with Crippen LogP contribution < -0.4 is 14.8 Å². The van der Waals surface area contributed by atoms with Crippen molar-refractivity contribution in [2.45, 2.75) is 18.4 Å². The molecule has 10 nitrogen and oxygen atoms in total. The fraction of sp³-hybridized carbons (Fsp3) is 0.185. The summed E-state index contributed by atoms with van der Waals surface area (Å²) in [5.74, 6) is -5.18. The van der Waals surface area contributed by atoms with Crippen molar-refractivity contribution in [2.24, 2.45) is 0 Å². The zero-order valence-electron chi connectivity index (χ0n) is 20.9. The van der Waals surface area contributed by atoms with Gasteiger partial charge in [0, 0.05) is 5.69 Å². The van der Waals surface area contributed by atoms with Crippen molar-refractivity contribution in [1.29, 1.82) is 0 Å². The minimum Gasteiger partial charge on any atom is -0.497 e. The van der Waals surface area contributed by atoms with Crippen molar-refractivity contribution in [3.8, 4) is 11.5 Å². The maximum atomic E-state index is 13.2. The Morgan fingerprint density at radius 3 is 1.73 bits per heavy atom.